The van der Waals surface area contributed by atoms with E-state index in [1.54, 1.807) is 0 Å². The van der Waals surface area contributed by atoms with Gasteiger partial charge in [-0.05, 0) is 82.6 Å². The highest BCUT2D eigenvalue weighted by molar-refractivity contribution is 14.2. The van der Waals surface area contributed by atoms with Crippen LogP contribution in [0.3, 0.4) is 0 Å². The fourth-order valence-electron chi connectivity index (χ4n) is 1.26. The molecule has 0 saturated carbocycles. The lowest BCUT2D eigenvalue weighted by Gasteiger charge is -2.16. The first-order valence-electron chi connectivity index (χ1n) is 3.98. The molecular weight excluding hydrogens is 393 g/mol. The van der Waals surface area contributed by atoms with Gasteiger partial charge >= 0.3 is 0 Å². The van der Waals surface area contributed by atoms with Crippen LogP contribution in [0.25, 0.3) is 0 Å². The van der Waals surface area contributed by atoms with Crippen molar-refractivity contribution in [1.29, 1.82) is 0 Å². The van der Waals surface area contributed by atoms with Crippen molar-refractivity contribution < 1.29 is 4.39 Å². The Morgan fingerprint density at radius 1 is 1.08 bits per heavy atom. The van der Waals surface area contributed by atoms with E-state index in [0.29, 0.717) is 0 Å². The van der Waals surface area contributed by atoms with Crippen LogP contribution in [-0.4, -0.2) is 0 Å². The highest BCUT2D eigenvalue weighted by Gasteiger charge is 2.26. The highest BCUT2D eigenvalue weighted by atomic mass is 127. The Hall–Kier alpha value is 0.610. The molecule has 1 rings (SSSR count). The minimum atomic E-state index is -1.29. The van der Waals surface area contributed by atoms with Crippen molar-refractivity contribution in [3.63, 3.8) is 0 Å². The Balaban J connectivity index is 3.35. The summed E-state index contributed by atoms with van der Waals surface area (Å²) in [6.45, 7) is 6.06. The third-order valence-electron chi connectivity index (χ3n) is 2.36. The summed E-state index contributed by atoms with van der Waals surface area (Å²) < 4.78 is 12.4. The van der Waals surface area contributed by atoms with Gasteiger partial charge in [0.1, 0.15) is 0 Å². The fourth-order valence-corrected chi connectivity index (χ4v) is 2.43. The van der Waals surface area contributed by atoms with Gasteiger partial charge in [0.15, 0.2) is 0 Å². The molecule has 1 aromatic carbocycles. The van der Waals surface area contributed by atoms with Crippen LogP contribution in [0, 0.1) is 20.8 Å². The van der Waals surface area contributed by atoms with E-state index >= 15 is 0 Å². The number of hydrogen-bond acceptors (Lipinski definition) is 0. The topological polar surface area (TPSA) is 0 Å². The molecule has 0 atom stereocenters. The third kappa shape index (κ3) is 2.55. The first-order valence-corrected chi connectivity index (χ1v) is 6.14. The molecule has 0 radical (unpaired) electrons. The molecule has 0 nitrogen and oxygen atoms in total. The van der Waals surface area contributed by atoms with Crippen LogP contribution in [0.1, 0.15) is 22.3 Å². The van der Waals surface area contributed by atoms with Crippen molar-refractivity contribution in [2.75, 3.05) is 0 Å². The van der Waals surface area contributed by atoms with Gasteiger partial charge in [0.2, 0.25) is 1.68 Å². The molecule has 0 bridgehead atoms. The lowest BCUT2D eigenvalue weighted by molar-refractivity contribution is 0.467. The minimum Gasteiger partial charge on any atom is -0.215 e. The molecule has 0 aliphatic rings. The maximum atomic E-state index is 13.7. The standard InChI is InChI=1S/C10H11FI2/c1-6-4-5-9(10(11,12)13)8(3)7(6)2/h4-5H,1-3H3. The van der Waals surface area contributed by atoms with Crippen molar-refractivity contribution >= 4 is 45.2 Å². The summed E-state index contributed by atoms with van der Waals surface area (Å²) in [7, 11) is 0. The van der Waals surface area contributed by atoms with Crippen molar-refractivity contribution in [1.82, 2.24) is 0 Å². The van der Waals surface area contributed by atoms with Crippen LogP contribution in [0.4, 0.5) is 4.39 Å². The molecule has 0 amide bonds. The SMILES string of the molecule is Cc1ccc(C(F)(I)I)c(C)c1C. The lowest BCUT2D eigenvalue weighted by atomic mass is 10.00. The quantitative estimate of drug-likeness (QED) is 0.476. The van der Waals surface area contributed by atoms with Crippen LogP contribution in [0.5, 0.6) is 0 Å². The number of aryl methyl sites for hydroxylation is 1. The lowest BCUT2D eigenvalue weighted by Crippen LogP contribution is -2.04. The highest BCUT2D eigenvalue weighted by Crippen LogP contribution is 2.43. The van der Waals surface area contributed by atoms with Gasteiger partial charge in [-0.3, -0.25) is 0 Å². The Morgan fingerprint density at radius 3 is 2.08 bits per heavy atom. The van der Waals surface area contributed by atoms with E-state index in [2.05, 4.69) is 0 Å². The molecule has 0 unspecified atom stereocenters. The molecule has 0 aromatic heterocycles. The number of hydrogen-bond donors (Lipinski definition) is 0. The molecule has 0 saturated heterocycles. The largest absolute Gasteiger partial charge is 0.235 e. The van der Waals surface area contributed by atoms with Crippen LogP contribution < -0.4 is 0 Å². The molecule has 1 aromatic rings. The normalized spacial score (nSPS) is 11.8. The number of benzene rings is 1. The molecule has 0 heterocycles. The molecular formula is C10H11FI2. The molecule has 0 fully saturated rings. The summed E-state index contributed by atoms with van der Waals surface area (Å²) in [6.07, 6.45) is 0. The van der Waals surface area contributed by atoms with E-state index in [4.69, 9.17) is 0 Å². The van der Waals surface area contributed by atoms with Crippen molar-refractivity contribution in [3.8, 4) is 0 Å². The zero-order valence-corrected chi connectivity index (χ0v) is 12.1. The van der Waals surface area contributed by atoms with Gasteiger partial charge in [0, 0.05) is 5.56 Å². The smallest absolute Gasteiger partial charge is 0.215 e. The second-order valence-corrected chi connectivity index (χ2v) is 8.21. The second-order valence-electron chi connectivity index (χ2n) is 3.18. The van der Waals surface area contributed by atoms with Crippen LogP contribution in [-0.2, 0) is 1.68 Å². The average Bonchev–Trinajstić information content (AvgIpc) is 1.98. The van der Waals surface area contributed by atoms with Crippen molar-refractivity contribution in [2.24, 2.45) is 0 Å². The van der Waals surface area contributed by atoms with Gasteiger partial charge in [-0.2, -0.15) is 0 Å². The summed E-state index contributed by atoms with van der Waals surface area (Å²) >= 11 is 3.63. The van der Waals surface area contributed by atoms with E-state index in [1.165, 1.54) is 11.1 Å². The zero-order chi connectivity index (χ0) is 10.2. The number of alkyl halides is 3. The number of halogens is 3. The van der Waals surface area contributed by atoms with Gasteiger partial charge in [0.25, 0.3) is 0 Å². The Kier molecular flexibility index (Phi) is 3.60. The van der Waals surface area contributed by atoms with Gasteiger partial charge in [-0.25, -0.2) is 4.39 Å². The van der Waals surface area contributed by atoms with Gasteiger partial charge < -0.3 is 0 Å². The first-order chi connectivity index (χ1) is 5.84. The molecule has 0 spiro atoms. The van der Waals surface area contributed by atoms with E-state index in [1.807, 2.05) is 78.1 Å². The molecule has 0 aliphatic heterocycles. The van der Waals surface area contributed by atoms with E-state index in [0.717, 1.165) is 11.1 Å². The first kappa shape index (κ1) is 11.7. The monoisotopic (exact) mass is 404 g/mol. The van der Waals surface area contributed by atoms with Crippen molar-refractivity contribution in [2.45, 2.75) is 22.5 Å². The average molecular weight is 404 g/mol. The van der Waals surface area contributed by atoms with E-state index in [9.17, 15) is 4.39 Å². The Bertz CT molecular complexity index is 326. The summed E-state index contributed by atoms with van der Waals surface area (Å²) in [6, 6.07) is 3.85. The van der Waals surface area contributed by atoms with E-state index in [-0.39, 0.29) is 0 Å². The molecule has 0 aliphatic carbocycles. The second kappa shape index (κ2) is 4.00. The zero-order valence-electron chi connectivity index (χ0n) is 7.79. The predicted octanol–water partition coefficient (Wildman–Crippen LogP) is 4.56. The van der Waals surface area contributed by atoms with Crippen LogP contribution in [0.2, 0.25) is 0 Å². The summed E-state index contributed by atoms with van der Waals surface area (Å²) in [5.41, 5.74) is 4.24. The maximum Gasteiger partial charge on any atom is 0.235 e. The number of rotatable bonds is 1. The van der Waals surface area contributed by atoms with Gasteiger partial charge in [-0.1, -0.05) is 12.1 Å². The van der Waals surface area contributed by atoms with Gasteiger partial charge in [-0.15, -0.1) is 0 Å². The predicted molar refractivity (Wildman–Crippen MR) is 71.5 cm³/mol. The van der Waals surface area contributed by atoms with E-state index < -0.39 is 1.68 Å². The molecule has 0 N–H and O–H groups in total. The Morgan fingerprint density at radius 2 is 1.62 bits per heavy atom. The summed E-state index contributed by atoms with van der Waals surface area (Å²) in [5, 5.41) is 0. The van der Waals surface area contributed by atoms with Crippen molar-refractivity contribution in [3.05, 3.63) is 34.4 Å². The fraction of sp³-hybridized carbons (Fsp3) is 0.400. The maximum absolute atomic E-state index is 13.7. The minimum absolute atomic E-state index is 0.775. The van der Waals surface area contributed by atoms with Gasteiger partial charge in [0.05, 0.1) is 0 Å². The van der Waals surface area contributed by atoms with Crippen LogP contribution >= 0.6 is 45.2 Å². The summed E-state index contributed by atoms with van der Waals surface area (Å²) in [4.78, 5) is 0. The van der Waals surface area contributed by atoms with Crippen LogP contribution in [0.15, 0.2) is 12.1 Å². The summed E-state index contributed by atoms with van der Waals surface area (Å²) in [5.74, 6) is 0. The molecule has 3 heteroatoms. The molecule has 72 valence electrons. The third-order valence-corrected chi connectivity index (χ3v) is 3.53. The molecule has 13 heavy (non-hydrogen) atoms. The Labute approximate surface area is 106 Å².